The highest BCUT2D eigenvalue weighted by Gasteiger charge is 2.25. The monoisotopic (exact) mass is 370 g/mol. The molecule has 1 fully saturated rings. The number of hydrogen-bond acceptors (Lipinski definition) is 4. The fourth-order valence-corrected chi connectivity index (χ4v) is 4.01. The number of amides is 1. The quantitative estimate of drug-likeness (QED) is 0.748. The summed E-state index contributed by atoms with van der Waals surface area (Å²) in [5.74, 6) is 0.536. The lowest BCUT2D eigenvalue weighted by atomic mass is 10.0. The van der Waals surface area contributed by atoms with E-state index in [1.807, 2.05) is 31.2 Å². The molecule has 1 amide bonds. The first kappa shape index (κ1) is 19.6. The first-order valence-electron chi connectivity index (χ1n) is 8.49. The lowest BCUT2D eigenvalue weighted by molar-refractivity contribution is -0.120. The van der Waals surface area contributed by atoms with Gasteiger partial charge in [0.15, 0.2) is 0 Å². The topological polar surface area (TPSA) is 41.6 Å². The standard InChI is InChI=1S/C18H27ClN2O2S/c1-13(2)16(21-8-10-23-11-9-21)12-20-18(22)14(3)24-17-7-5-4-6-15(17)19/h4-7,13-14,16H,8-12H2,1-3H3,(H,20,22). The first-order valence-corrected chi connectivity index (χ1v) is 9.75. The number of carbonyl (C=O) groups excluding carboxylic acids is 1. The van der Waals surface area contributed by atoms with Crippen LogP contribution in [0.1, 0.15) is 20.8 Å². The maximum atomic E-state index is 12.5. The van der Waals surface area contributed by atoms with Crippen LogP contribution >= 0.6 is 23.4 Å². The zero-order valence-corrected chi connectivity index (χ0v) is 16.2. The molecule has 24 heavy (non-hydrogen) atoms. The maximum Gasteiger partial charge on any atom is 0.233 e. The molecule has 0 radical (unpaired) electrons. The van der Waals surface area contributed by atoms with Crippen molar-refractivity contribution in [1.82, 2.24) is 10.2 Å². The number of morpholine rings is 1. The summed E-state index contributed by atoms with van der Waals surface area (Å²) in [7, 11) is 0. The van der Waals surface area contributed by atoms with Crippen molar-refractivity contribution >= 4 is 29.3 Å². The molecule has 0 aliphatic carbocycles. The average Bonchev–Trinajstić information content (AvgIpc) is 2.57. The van der Waals surface area contributed by atoms with Crippen LogP contribution in [0.3, 0.4) is 0 Å². The molecule has 1 aromatic carbocycles. The van der Waals surface area contributed by atoms with Crippen molar-refractivity contribution in [2.75, 3.05) is 32.8 Å². The average molecular weight is 371 g/mol. The van der Waals surface area contributed by atoms with E-state index in [1.54, 1.807) is 0 Å². The van der Waals surface area contributed by atoms with E-state index >= 15 is 0 Å². The Hall–Kier alpha value is -0.750. The normalized spacial score (nSPS) is 18.4. The van der Waals surface area contributed by atoms with Crippen LogP contribution in [0.15, 0.2) is 29.2 Å². The minimum atomic E-state index is -0.178. The molecule has 0 saturated carbocycles. The number of rotatable bonds is 7. The van der Waals surface area contributed by atoms with E-state index in [-0.39, 0.29) is 11.2 Å². The molecule has 2 rings (SSSR count). The number of thioether (sulfide) groups is 1. The van der Waals surface area contributed by atoms with Crippen molar-refractivity contribution in [3.8, 4) is 0 Å². The lowest BCUT2D eigenvalue weighted by Gasteiger charge is -2.37. The highest BCUT2D eigenvalue weighted by Crippen LogP contribution is 2.30. The summed E-state index contributed by atoms with van der Waals surface area (Å²) in [6.07, 6.45) is 0. The Balaban J connectivity index is 1.86. The Labute approximate surface area is 154 Å². The molecule has 1 aliphatic heterocycles. The number of ether oxygens (including phenoxy) is 1. The van der Waals surface area contributed by atoms with Crippen LogP contribution in [-0.4, -0.2) is 54.9 Å². The van der Waals surface area contributed by atoms with Crippen LogP contribution in [0.5, 0.6) is 0 Å². The number of halogens is 1. The molecule has 2 unspecified atom stereocenters. The highest BCUT2D eigenvalue weighted by molar-refractivity contribution is 8.00. The summed E-state index contributed by atoms with van der Waals surface area (Å²) >= 11 is 7.67. The second-order valence-electron chi connectivity index (χ2n) is 6.40. The molecule has 1 heterocycles. The fraction of sp³-hybridized carbons (Fsp3) is 0.611. The van der Waals surface area contributed by atoms with Crippen molar-refractivity contribution in [3.05, 3.63) is 29.3 Å². The third kappa shape index (κ3) is 5.66. The number of nitrogens with zero attached hydrogens (tertiary/aromatic N) is 1. The summed E-state index contributed by atoms with van der Waals surface area (Å²) in [6.45, 7) is 10.4. The van der Waals surface area contributed by atoms with Crippen molar-refractivity contribution in [2.45, 2.75) is 37.0 Å². The predicted octanol–water partition coefficient (Wildman–Crippen LogP) is 3.29. The van der Waals surface area contributed by atoms with Gasteiger partial charge in [-0.2, -0.15) is 0 Å². The molecule has 4 nitrogen and oxygen atoms in total. The van der Waals surface area contributed by atoms with Gasteiger partial charge in [-0.3, -0.25) is 9.69 Å². The Morgan fingerprint density at radius 3 is 2.58 bits per heavy atom. The van der Waals surface area contributed by atoms with E-state index in [9.17, 15) is 4.79 Å². The Kier molecular flexibility index (Phi) is 7.88. The van der Waals surface area contributed by atoms with E-state index in [4.69, 9.17) is 16.3 Å². The molecular weight excluding hydrogens is 344 g/mol. The zero-order valence-electron chi connectivity index (χ0n) is 14.6. The van der Waals surface area contributed by atoms with Gasteiger partial charge in [-0.1, -0.05) is 37.6 Å². The van der Waals surface area contributed by atoms with Gasteiger partial charge in [-0.05, 0) is 25.0 Å². The fourth-order valence-electron chi connectivity index (χ4n) is 2.83. The number of carbonyl (C=O) groups is 1. The molecule has 134 valence electrons. The van der Waals surface area contributed by atoms with Crippen LogP contribution in [-0.2, 0) is 9.53 Å². The van der Waals surface area contributed by atoms with E-state index in [0.717, 1.165) is 31.2 Å². The van der Waals surface area contributed by atoms with Gasteiger partial charge in [0, 0.05) is 30.6 Å². The van der Waals surface area contributed by atoms with Gasteiger partial charge in [-0.15, -0.1) is 11.8 Å². The predicted molar refractivity (Wildman–Crippen MR) is 101 cm³/mol. The zero-order chi connectivity index (χ0) is 17.5. The highest BCUT2D eigenvalue weighted by atomic mass is 35.5. The molecule has 0 spiro atoms. The number of hydrogen-bond donors (Lipinski definition) is 1. The van der Waals surface area contributed by atoms with Gasteiger partial charge in [0.25, 0.3) is 0 Å². The molecule has 0 bridgehead atoms. The van der Waals surface area contributed by atoms with Gasteiger partial charge in [0.2, 0.25) is 5.91 Å². The van der Waals surface area contributed by atoms with Gasteiger partial charge in [0.1, 0.15) is 0 Å². The van der Waals surface area contributed by atoms with Crippen molar-refractivity contribution < 1.29 is 9.53 Å². The van der Waals surface area contributed by atoms with Crippen LogP contribution in [0.4, 0.5) is 0 Å². The summed E-state index contributed by atoms with van der Waals surface area (Å²) in [5.41, 5.74) is 0. The lowest BCUT2D eigenvalue weighted by Crippen LogP contribution is -2.51. The van der Waals surface area contributed by atoms with E-state index in [2.05, 4.69) is 24.1 Å². The summed E-state index contributed by atoms with van der Waals surface area (Å²) in [6, 6.07) is 7.97. The van der Waals surface area contributed by atoms with Crippen molar-refractivity contribution in [2.24, 2.45) is 5.92 Å². The Morgan fingerprint density at radius 1 is 1.29 bits per heavy atom. The second kappa shape index (κ2) is 9.66. The molecule has 0 aromatic heterocycles. The third-order valence-corrected chi connectivity index (χ3v) is 5.90. The second-order valence-corrected chi connectivity index (χ2v) is 8.19. The van der Waals surface area contributed by atoms with Gasteiger partial charge >= 0.3 is 0 Å². The van der Waals surface area contributed by atoms with Crippen LogP contribution in [0.2, 0.25) is 5.02 Å². The smallest absolute Gasteiger partial charge is 0.233 e. The van der Waals surface area contributed by atoms with Crippen molar-refractivity contribution in [3.63, 3.8) is 0 Å². The molecule has 6 heteroatoms. The van der Waals surface area contributed by atoms with E-state index in [0.29, 0.717) is 23.5 Å². The maximum absolute atomic E-state index is 12.5. The number of nitrogens with one attached hydrogen (secondary N) is 1. The minimum Gasteiger partial charge on any atom is -0.379 e. The summed E-state index contributed by atoms with van der Waals surface area (Å²) in [5, 5.41) is 3.63. The molecule has 2 atom stereocenters. The summed E-state index contributed by atoms with van der Waals surface area (Å²) in [4.78, 5) is 15.8. The molecular formula is C18H27ClN2O2S. The van der Waals surface area contributed by atoms with Crippen molar-refractivity contribution in [1.29, 1.82) is 0 Å². The van der Waals surface area contributed by atoms with E-state index < -0.39 is 0 Å². The van der Waals surface area contributed by atoms with Crippen LogP contribution in [0.25, 0.3) is 0 Å². The van der Waals surface area contributed by atoms with Crippen LogP contribution < -0.4 is 5.32 Å². The largest absolute Gasteiger partial charge is 0.379 e. The third-order valence-electron chi connectivity index (χ3n) is 4.28. The molecule has 1 aliphatic rings. The summed E-state index contributed by atoms with van der Waals surface area (Å²) < 4.78 is 5.43. The SMILES string of the molecule is CC(Sc1ccccc1Cl)C(=O)NCC(C(C)C)N1CCOCC1. The van der Waals surface area contributed by atoms with Gasteiger partial charge < -0.3 is 10.1 Å². The van der Waals surface area contributed by atoms with Gasteiger partial charge in [-0.25, -0.2) is 0 Å². The van der Waals surface area contributed by atoms with Crippen LogP contribution in [0, 0.1) is 5.92 Å². The van der Waals surface area contributed by atoms with E-state index in [1.165, 1.54) is 11.8 Å². The van der Waals surface area contributed by atoms with Gasteiger partial charge in [0.05, 0.1) is 23.5 Å². The molecule has 1 saturated heterocycles. The first-order chi connectivity index (χ1) is 11.5. The Bertz CT molecular complexity index is 536. The Morgan fingerprint density at radius 2 is 1.96 bits per heavy atom. The molecule has 1 aromatic rings. The number of benzene rings is 1. The minimum absolute atomic E-state index is 0.0545. The molecule has 1 N–H and O–H groups in total.